The van der Waals surface area contributed by atoms with E-state index in [-0.39, 0.29) is 5.91 Å². The molecule has 1 rings (SSSR count). The number of benzene rings is 1. The quantitative estimate of drug-likeness (QED) is 0.898. The van der Waals surface area contributed by atoms with Crippen molar-refractivity contribution < 1.29 is 14.7 Å². The molecule has 0 heterocycles. The Morgan fingerprint density at radius 2 is 2.12 bits per heavy atom. The lowest BCUT2D eigenvalue weighted by molar-refractivity contribution is -0.142. The first kappa shape index (κ1) is 13.5. The highest BCUT2D eigenvalue weighted by Crippen LogP contribution is 2.14. The van der Waals surface area contributed by atoms with Crippen LogP contribution in [0.15, 0.2) is 24.3 Å². The first-order valence-corrected chi connectivity index (χ1v) is 5.60. The Morgan fingerprint density at radius 1 is 1.47 bits per heavy atom. The zero-order valence-electron chi connectivity index (χ0n) is 9.68. The van der Waals surface area contributed by atoms with Crippen LogP contribution < -0.4 is 0 Å². The molecule has 0 fully saturated rings. The molecule has 0 radical (unpaired) electrons. The number of carbonyl (C=O) groups excluding carboxylic acids is 1. The average molecular weight is 256 g/mol. The minimum atomic E-state index is -1.01. The van der Waals surface area contributed by atoms with Crippen molar-refractivity contribution in [3.63, 3.8) is 0 Å². The number of carbonyl (C=O) groups is 2. The molecular weight excluding hydrogens is 242 g/mol. The van der Waals surface area contributed by atoms with E-state index in [1.165, 1.54) is 18.0 Å². The molecule has 0 saturated carbocycles. The summed E-state index contributed by atoms with van der Waals surface area (Å²) in [4.78, 5) is 24.2. The summed E-state index contributed by atoms with van der Waals surface area (Å²) in [6, 6.07) is 5.63. The summed E-state index contributed by atoms with van der Waals surface area (Å²) in [5, 5.41) is 9.43. The minimum Gasteiger partial charge on any atom is -0.480 e. The smallest absolute Gasteiger partial charge is 0.326 e. The second-order valence-corrected chi connectivity index (χ2v) is 4.13. The molecule has 4 nitrogen and oxygen atoms in total. The Kier molecular flexibility index (Phi) is 4.52. The number of nitrogens with zero attached hydrogens (tertiary/aromatic N) is 1. The molecular formula is C12H14ClNO3. The molecule has 1 N–H and O–H groups in total. The summed E-state index contributed by atoms with van der Waals surface area (Å²) in [6.45, 7) is 1.72. The van der Waals surface area contributed by atoms with Crippen molar-refractivity contribution >= 4 is 23.5 Å². The summed E-state index contributed by atoms with van der Waals surface area (Å²) >= 11 is 5.78. The first-order valence-electron chi connectivity index (χ1n) is 5.23. The van der Waals surface area contributed by atoms with Crippen molar-refractivity contribution in [1.29, 1.82) is 0 Å². The monoisotopic (exact) mass is 255 g/mol. The fourth-order valence-corrected chi connectivity index (χ4v) is 1.77. The van der Waals surface area contributed by atoms with Crippen LogP contribution in [0.1, 0.15) is 23.7 Å². The van der Waals surface area contributed by atoms with E-state index >= 15 is 0 Å². The summed E-state index contributed by atoms with van der Waals surface area (Å²) in [5.74, 6) is -1.35. The van der Waals surface area contributed by atoms with Gasteiger partial charge in [-0.05, 0) is 24.6 Å². The highest BCUT2D eigenvalue weighted by atomic mass is 35.5. The molecule has 1 aromatic carbocycles. The highest BCUT2D eigenvalue weighted by molar-refractivity contribution is 6.30. The largest absolute Gasteiger partial charge is 0.480 e. The van der Waals surface area contributed by atoms with Crippen molar-refractivity contribution in [3.8, 4) is 0 Å². The van der Waals surface area contributed by atoms with Gasteiger partial charge in [-0.3, -0.25) is 4.79 Å². The second kappa shape index (κ2) is 5.68. The lowest BCUT2D eigenvalue weighted by Crippen LogP contribution is -2.41. The third-order valence-corrected chi connectivity index (χ3v) is 2.77. The van der Waals surface area contributed by atoms with E-state index in [0.29, 0.717) is 17.0 Å². The van der Waals surface area contributed by atoms with Crippen LogP contribution in [0.25, 0.3) is 0 Å². The number of rotatable bonds is 4. The summed E-state index contributed by atoms with van der Waals surface area (Å²) in [7, 11) is 1.48. The SMILES string of the molecule is CCC(C(=O)O)N(C)C(=O)c1cccc(Cl)c1. The van der Waals surface area contributed by atoms with Crippen LogP contribution in [-0.4, -0.2) is 35.0 Å². The number of halogens is 1. The van der Waals surface area contributed by atoms with Gasteiger partial charge in [0.25, 0.3) is 5.91 Å². The zero-order chi connectivity index (χ0) is 13.0. The first-order chi connectivity index (χ1) is 7.97. The highest BCUT2D eigenvalue weighted by Gasteiger charge is 2.25. The van der Waals surface area contributed by atoms with Crippen LogP contribution in [0.3, 0.4) is 0 Å². The standard InChI is InChI=1S/C12H14ClNO3/c1-3-10(12(16)17)14(2)11(15)8-5-4-6-9(13)7-8/h4-7,10H,3H2,1-2H3,(H,16,17). The van der Waals surface area contributed by atoms with Crippen LogP contribution in [-0.2, 0) is 4.79 Å². The van der Waals surface area contributed by atoms with Gasteiger partial charge in [-0.25, -0.2) is 4.79 Å². The van der Waals surface area contributed by atoms with Crippen LogP contribution >= 0.6 is 11.6 Å². The van der Waals surface area contributed by atoms with Gasteiger partial charge >= 0.3 is 5.97 Å². The maximum atomic E-state index is 12.0. The van der Waals surface area contributed by atoms with E-state index in [9.17, 15) is 9.59 Å². The van der Waals surface area contributed by atoms with Gasteiger partial charge in [-0.2, -0.15) is 0 Å². The van der Waals surface area contributed by atoms with Gasteiger partial charge in [-0.1, -0.05) is 24.6 Å². The third-order valence-electron chi connectivity index (χ3n) is 2.53. The van der Waals surface area contributed by atoms with E-state index in [4.69, 9.17) is 16.7 Å². The number of carboxylic acid groups (broad SMARTS) is 1. The Labute approximate surface area is 105 Å². The van der Waals surface area contributed by atoms with Gasteiger partial charge in [-0.15, -0.1) is 0 Å². The molecule has 0 saturated heterocycles. The van der Waals surface area contributed by atoms with E-state index in [2.05, 4.69) is 0 Å². The van der Waals surface area contributed by atoms with Gasteiger partial charge in [0.1, 0.15) is 6.04 Å². The predicted octanol–water partition coefficient (Wildman–Crippen LogP) is 2.28. The van der Waals surface area contributed by atoms with Crippen LogP contribution in [0.5, 0.6) is 0 Å². The Bertz CT molecular complexity index is 434. The topological polar surface area (TPSA) is 57.6 Å². The lowest BCUT2D eigenvalue weighted by atomic mass is 10.1. The molecule has 1 atom stereocenters. The third kappa shape index (κ3) is 3.20. The van der Waals surface area contributed by atoms with Crippen molar-refractivity contribution in [2.45, 2.75) is 19.4 Å². The van der Waals surface area contributed by atoms with Crippen molar-refractivity contribution in [2.24, 2.45) is 0 Å². The number of amides is 1. The average Bonchev–Trinajstić information content (AvgIpc) is 2.28. The van der Waals surface area contributed by atoms with Crippen molar-refractivity contribution in [1.82, 2.24) is 4.90 Å². The molecule has 92 valence electrons. The molecule has 0 aromatic heterocycles. The molecule has 1 unspecified atom stereocenters. The van der Waals surface area contributed by atoms with Crippen molar-refractivity contribution in [2.75, 3.05) is 7.05 Å². The molecule has 0 spiro atoms. The summed E-state index contributed by atoms with van der Waals surface area (Å²) in [5.41, 5.74) is 0.389. The lowest BCUT2D eigenvalue weighted by Gasteiger charge is -2.23. The van der Waals surface area contributed by atoms with Crippen LogP contribution in [0.4, 0.5) is 0 Å². The van der Waals surface area contributed by atoms with E-state index in [1.54, 1.807) is 25.1 Å². The van der Waals surface area contributed by atoms with Crippen LogP contribution in [0.2, 0.25) is 5.02 Å². The fourth-order valence-electron chi connectivity index (χ4n) is 1.58. The number of likely N-dealkylation sites (N-methyl/N-ethyl adjacent to an activating group) is 1. The number of hydrogen-bond acceptors (Lipinski definition) is 2. The summed E-state index contributed by atoms with van der Waals surface area (Å²) in [6.07, 6.45) is 0.359. The molecule has 5 heteroatoms. The van der Waals surface area contributed by atoms with Gasteiger partial charge < -0.3 is 10.0 Å². The predicted molar refractivity (Wildman–Crippen MR) is 65.3 cm³/mol. The Morgan fingerprint density at radius 3 is 2.59 bits per heavy atom. The fraction of sp³-hybridized carbons (Fsp3) is 0.333. The molecule has 0 aliphatic heterocycles. The maximum absolute atomic E-state index is 12.0. The summed E-state index contributed by atoms with van der Waals surface area (Å²) < 4.78 is 0. The second-order valence-electron chi connectivity index (χ2n) is 3.69. The maximum Gasteiger partial charge on any atom is 0.326 e. The Balaban J connectivity index is 2.93. The van der Waals surface area contributed by atoms with Gasteiger partial charge in [0.05, 0.1) is 0 Å². The normalized spacial score (nSPS) is 11.9. The van der Waals surface area contributed by atoms with Gasteiger partial charge in [0.2, 0.25) is 0 Å². The van der Waals surface area contributed by atoms with Crippen molar-refractivity contribution in [3.05, 3.63) is 34.9 Å². The molecule has 1 aromatic rings. The van der Waals surface area contributed by atoms with Gasteiger partial charge in [0, 0.05) is 17.6 Å². The number of aliphatic carboxylic acids is 1. The molecule has 0 bridgehead atoms. The molecule has 1 amide bonds. The van der Waals surface area contributed by atoms with E-state index in [1.807, 2.05) is 0 Å². The van der Waals surface area contributed by atoms with E-state index < -0.39 is 12.0 Å². The van der Waals surface area contributed by atoms with Gasteiger partial charge in [0.15, 0.2) is 0 Å². The minimum absolute atomic E-state index is 0.346. The van der Waals surface area contributed by atoms with E-state index in [0.717, 1.165) is 0 Å². The van der Waals surface area contributed by atoms with Crippen LogP contribution in [0, 0.1) is 0 Å². The molecule has 0 aliphatic carbocycles. The molecule has 0 aliphatic rings. The number of hydrogen-bond donors (Lipinski definition) is 1. The molecule has 17 heavy (non-hydrogen) atoms. The Hall–Kier alpha value is -1.55. The number of carboxylic acids is 1. The zero-order valence-corrected chi connectivity index (χ0v) is 10.4.